The van der Waals surface area contributed by atoms with Crippen molar-refractivity contribution >= 4 is 27.1 Å². The van der Waals surface area contributed by atoms with Gasteiger partial charge >= 0.3 is 0 Å². The topological polar surface area (TPSA) is 46.2 Å². The van der Waals surface area contributed by atoms with E-state index in [1.165, 1.54) is 0 Å². The number of anilines is 1. The predicted octanol–water partition coefficient (Wildman–Crippen LogP) is 3.30. The summed E-state index contributed by atoms with van der Waals surface area (Å²) in [5.41, 5.74) is 0.695. The first-order valence-electron chi connectivity index (χ1n) is 6.74. The van der Waals surface area contributed by atoms with Crippen LogP contribution in [0.25, 0.3) is 0 Å². The van der Waals surface area contributed by atoms with E-state index in [1.54, 1.807) is 19.1 Å². The molecular formula is C14H20ClNO2S. The van der Waals surface area contributed by atoms with Crippen molar-refractivity contribution in [2.24, 2.45) is 5.92 Å². The van der Waals surface area contributed by atoms with Gasteiger partial charge in [-0.2, -0.15) is 0 Å². The molecule has 1 saturated carbocycles. The molecule has 0 aliphatic heterocycles. The third-order valence-corrected chi connectivity index (χ3v) is 6.08. The smallest absolute Gasteiger partial charge is 0.180 e. The number of rotatable bonds is 5. The lowest BCUT2D eigenvalue weighted by Gasteiger charge is -2.17. The van der Waals surface area contributed by atoms with Gasteiger partial charge in [-0.1, -0.05) is 25.5 Å². The molecule has 1 aliphatic rings. The summed E-state index contributed by atoms with van der Waals surface area (Å²) >= 11 is 6.24. The number of hydrogen-bond acceptors (Lipinski definition) is 3. The number of alkyl halides is 1. The summed E-state index contributed by atoms with van der Waals surface area (Å²) in [4.78, 5) is 0.390. The average Bonchev–Trinajstić information content (AvgIpc) is 2.82. The first-order valence-corrected chi connectivity index (χ1v) is 8.83. The van der Waals surface area contributed by atoms with Crippen molar-refractivity contribution in [3.8, 4) is 0 Å². The molecule has 1 fully saturated rings. The summed E-state index contributed by atoms with van der Waals surface area (Å²) in [6.45, 7) is 2.41. The summed E-state index contributed by atoms with van der Waals surface area (Å²) in [7, 11) is -3.18. The molecule has 0 aromatic heterocycles. The van der Waals surface area contributed by atoms with Gasteiger partial charge in [0.25, 0.3) is 0 Å². The van der Waals surface area contributed by atoms with Gasteiger partial charge in [-0.25, -0.2) is 8.42 Å². The zero-order chi connectivity index (χ0) is 13.9. The minimum atomic E-state index is -3.18. The fraction of sp³-hybridized carbons (Fsp3) is 0.571. The van der Waals surface area contributed by atoms with Crippen LogP contribution in [0.2, 0.25) is 0 Å². The van der Waals surface area contributed by atoms with E-state index < -0.39 is 9.84 Å². The highest BCUT2D eigenvalue weighted by atomic mass is 35.5. The summed E-state index contributed by atoms with van der Waals surface area (Å²) in [5, 5.41) is 3.47. The first-order chi connectivity index (χ1) is 9.04. The Morgan fingerprint density at radius 3 is 2.68 bits per heavy atom. The summed E-state index contributed by atoms with van der Waals surface area (Å²) < 4.78 is 24.0. The normalized spacial score (nSPS) is 23.5. The van der Waals surface area contributed by atoms with Crippen LogP contribution >= 0.6 is 11.6 Å². The number of para-hydroxylation sites is 1. The summed E-state index contributed by atoms with van der Waals surface area (Å²) in [6, 6.07) is 7.09. The Kier molecular flexibility index (Phi) is 4.74. The van der Waals surface area contributed by atoms with E-state index in [4.69, 9.17) is 11.6 Å². The van der Waals surface area contributed by atoms with Gasteiger partial charge in [-0.05, 0) is 30.9 Å². The van der Waals surface area contributed by atoms with E-state index in [0.717, 1.165) is 25.8 Å². The van der Waals surface area contributed by atoms with Crippen molar-refractivity contribution in [1.82, 2.24) is 0 Å². The zero-order valence-electron chi connectivity index (χ0n) is 11.1. The largest absolute Gasteiger partial charge is 0.384 e. The van der Waals surface area contributed by atoms with Gasteiger partial charge in [0, 0.05) is 11.9 Å². The Bertz CT molecular complexity index is 530. The minimum Gasteiger partial charge on any atom is -0.384 e. The maximum Gasteiger partial charge on any atom is 0.180 e. The predicted molar refractivity (Wildman–Crippen MR) is 79.6 cm³/mol. The minimum absolute atomic E-state index is 0.118. The number of hydrogen-bond donors (Lipinski definition) is 1. The van der Waals surface area contributed by atoms with Gasteiger partial charge in [-0.15, -0.1) is 11.6 Å². The molecule has 2 atom stereocenters. The second kappa shape index (κ2) is 6.14. The van der Waals surface area contributed by atoms with E-state index in [-0.39, 0.29) is 11.1 Å². The van der Waals surface area contributed by atoms with Crippen LogP contribution in [0.5, 0.6) is 0 Å². The van der Waals surface area contributed by atoms with Crippen LogP contribution in [0.1, 0.15) is 26.2 Å². The van der Waals surface area contributed by atoms with Crippen molar-refractivity contribution in [2.75, 3.05) is 17.6 Å². The summed E-state index contributed by atoms with van der Waals surface area (Å²) in [6.07, 6.45) is 3.34. The molecule has 106 valence electrons. The molecule has 1 aliphatic carbocycles. The van der Waals surface area contributed by atoms with Crippen LogP contribution < -0.4 is 5.32 Å². The van der Waals surface area contributed by atoms with E-state index in [0.29, 0.717) is 16.5 Å². The second-order valence-electron chi connectivity index (χ2n) is 4.99. The molecule has 19 heavy (non-hydrogen) atoms. The molecule has 0 bridgehead atoms. The third-order valence-electron chi connectivity index (χ3n) is 3.72. The molecule has 0 radical (unpaired) electrons. The Morgan fingerprint density at radius 1 is 1.32 bits per heavy atom. The molecule has 2 rings (SSSR count). The average molecular weight is 302 g/mol. The maximum absolute atomic E-state index is 12.0. The Balaban J connectivity index is 2.12. The third kappa shape index (κ3) is 3.42. The SMILES string of the molecule is CCS(=O)(=O)c1ccccc1NCC1CCCC1Cl. The molecule has 0 heterocycles. The van der Waals surface area contributed by atoms with Gasteiger partial charge in [0.2, 0.25) is 0 Å². The molecule has 0 spiro atoms. The fourth-order valence-corrected chi connectivity index (χ4v) is 3.94. The van der Waals surface area contributed by atoms with Crippen LogP contribution in [-0.2, 0) is 9.84 Å². The molecule has 0 amide bonds. The van der Waals surface area contributed by atoms with Crippen LogP contribution in [0.4, 0.5) is 5.69 Å². The molecular weight excluding hydrogens is 282 g/mol. The lowest BCUT2D eigenvalue weighted by atomic mass is 10.1. The van der Waals surface area contributed by atoms with E-state index in [9.17, 15) is 8.42 Å². The van der Waals surface area contributed by atoms with Gasteiger partial charge in [0.05, 0.1) is 16.3 Å². The van der Waals surface area contributed by atoms with Gasteiger partial charge in [0.1, 0.15) is 0 Å². The number of halogens is 1. The van der Waals surface area contributed by atoms with Crippen molar-refractivity contribution < 1.29 is 8.42 Å². The number of benzene rings is 1. The molecule has 2 unspecified atom stereocenters. The van der Waals surface area contributed by atoms with Crippen LogP contribution in [0.15, 0.2) is 29.2 Å². The Morgan fingerprint density at radius 2 is 2.05 bits per heavy atom. The molecule has 1 aromatic rings. The van der Waals surface area contributed by atoms with Gasteiger partial charge < -0.3 is 5.32 Å². The quantitative estimate of drug-likeness (QED) is 0.849. The maximum atomic E-state index is 12.0. The van der Waals surface area contributed by atoms with Crippen molar-refractivity contribution in [3.63, 3.8) is 0 Å². The van der Waals surface area contributed by atoms with E-state index in [2.05, 4.69) is 5.32 Å². The first kappa shape index (κ1) is 14.7. The van der Waals surface area contributed by atoms with E-state index in [1.807, 2.05) is 12.1 Å². The monoisotopic (exact) mass is 301 g/mol. The molecule has 1 aromatic carbocycles. The van der Waals surface area contributed by atoms with Crippen molar-refractivity contribution in [2.45, 2.75) is 36.5 Å². The number of sulfone groups is 1. The van der Waals surface area contributed by atoms with Crippen molar-refractivity contribution in [1.29, 1.82) is 0 Å². The Hall–Kier alpha value is -0.740. The highest BCUT2D eigenvalue weighted by Crippen LogP contribution is 2.31. The van der Waals surface area contributed by atoms with Gasteiger partial charge in [-0.3, -0.25) is 0 Å². The zero-order valence-corrected chi connectivity index (χ0v) is 12.7. The lowest BCUT2D eigenvalue weighted by molar-refractivity contribution is 0.584. The molecule has 3 nitrogen and oxygen atoms in total. The van der Waals surface area contributed by atoms with Crippen LogP contribution in [0.3, 0.4) is 0 Å². The van der Waals surface area contributed by atoms with Crippen LogP contribution in [-0.4, -0.2) is 26.1 Å². The molecule has 1 N–H and O–H groups in total. The second-order valence-corrected chi connectivity index (χ2v) is 7.79. The number of nitrogens with one attached hydrogen (secondary N) is 1. The fourth-order valence-electron chi connectivity index (χ4n) is 2.50. The molecule has 5 heteroatoms. The van der Waals surface area contributed by atoms with E-state index >= 15 is 0 Å². The highest BCUT2D eigenvalue weighted by Gasteiger charge is 2.25. The van der Waals surface area contributed by atoms with Gasteiger partial charge in [0.15, 0.2) is 9.84 Å². The Labute approximate surface area is 120 Å². The van der Waals surface area contributed by atoms with Crippen molar-refractivity contribution in [3.05, 3.63) is 24.3 Å². The molecule has 0 saturated heterocycles. The summed E-state index contributed by atoms with van der Waals surface area (Å²) in [5.74, 6) is 0.548. The van der Waals surface area contributed by atoms with Crippen LogP contribution in [0, 0.1) is 5.92 Å². The highest BCUT2D eigenvalue weighted by molar-refractivity contribution is 7.91. The standard InChI is InChI=1S/C14H20ClNO2S/c1-2-19(17,18)14-9-4-3-8-13(14)16-10-11-6-5-7-12(11)15/h3-4,8-9,11-12,16H,2,5-7,10H2,1H3. The lowest BCUT2D eigenvalue weighted by Crippen LogP contribution is -2.19.